The van der Waals surface area contributed by atoms with E-state index in [1.165, 1.54) is 6.07 Å². The predicted molar refractivity (Wildman–Crippen MR) is 60.8 cm³/mol. The first-order chi connectivity index (χ1) is 7.58. The van der Waals surface area contributed by atoms with Crippen LogP contribution in [0.2, 0.25) is 0 Å². The van der Waals surface area contributed by atoms with Crippen molar-refractivity contribution in [3.8, 4) is 0 Å². The molecule has 0 N–H and O–H groups in total. The molecule has 0 saturated carbocycles. The third-order valence-electron chi connectivity index (χ3n) is 3.13. The number of benzene rings is 1. The number of carbonyl (C=O) groups excluding carboxylic acids is 1. The number of amides is 1. The first-order valence-electron chi connectivity index (χ1n) is 5.63. The smallest absolute Gasteiger partial charge is 0.253 e. The summed E-state index contributed by atoms with van der Waals surface area (Å²) in [6, 6.07) is 4.69. The number of rotatable bonds is 1. The van der Waals surface area contributed by atoms with Gasteiger partial charge in [0.25, 0.3) is 5.91 Å². The van der Waals surface area contributed by atoms with Crippen LogP contribution in [0.25, 0.3) is 0 Å². The Morgan fingerprint density at radius 3 is 2.81 bits per heavy atom. The average molecular weight is 221 g/mol. The van der Waals surface area contributed by atoms with Crippen LogP contribution in [0.3, 0.4) is 0 Å². The molecule has 0 aliphatic carbocycles. The fourth-order valence-corrected chi connectivity index (χ4v) is 2.03. The second kappa shape index (κ2) is 4.24. The van der Waals surface area contributed by atoms with Gasteiger partial charge in [-0.15, -0.1) is 0 Å². The van der Waals surface area contributed by atoms with Crippen molar-refractivity contribution in [3.05, 3.63) is 35.1 Å². The van der Waals surface area contributed by atoms with Gasteiger partial charge in [0.2, 0.25) is 0 Å². The molecule has 1 aromatic carbocycles. The lowest BCUT2D eigenvalue weighted by molar-refractivity contribution is 0.0787. The molecule has 0 spiro atoms. The van der Waals surface area contributed by atoms with Crippen LogP contribution < -0.4 is 0 Å². The Balaban J connectivity index is 2.18. The maximum Gasteiger partial charge on any atom is 0.253 e. The molecule has 1 amide bonds. The van der Waals surface area contributed by atoms with Gasteiger partial charge in [-0.2, -0.15) is 0 Å². The van der Waals surface area contributed by atoms with Gasteiger partial charge in [-0.1, -0.05) is 13.0 Å². The Hall–Kier alpha value is -1.38. The van der Waals surface area contributed by atoms with Crippen LogP contribution in [0.1, 0.15) is 29.3 Å². The van der Waals surface area contributed by atoms with E-state index in [4.69, 9.17) is 0 Å². The summed E-state index contributed by atoms with van der Waals surface area (Å²) in [6.07, 6.45) is 1.04. The van der Waals surface area contributed by atoms with E-state index >= 15 is 0 Å². The molecule has 86 valence electrons. The van der Waals surface area contributed by atoms with E-state index in [0.717, 1.165) is 19.5 Å². The number of hydrogen-bond acceptors (Lipinski definition) is 1. The van der Waals surface area contributed by atoms with Gasteiger partial charge in [0.15, 0.2) is 0 Å². The summed E-state index contributed by atoms with van der Waals surface area (Å²) >= 11 is 0. The quantitative estimate of drug-likeness (QED) is 0.713. The fourth-order valence-electron chi connectivity index (χ4n) is 2.03. The molecule has 0 aromatic heterocycles. The van der Waals surface area contributed by atoms with E-state index in [-0.39, 0.29) is 11.7 Å². The summed E-state index contributed by atoms with van der Waals surface area (Å²) in [5.74, 6) is 0.195. The minimum absolute atomic E-state index is 0.0525. The maximum absolute atomic E-state index is 13.3. The normalized spacial score (nSPS) is 20.2. The fraction of sp³-hybridized carbons (Fsp3) is 0.462. The van der Waals surface area contributed by atoms with E-state index in [0.29, 0.717) is 17.0 Å². The molecule has 1 aliphatic rings. The van der Waals surface area contributed by atoms with Crippen LogP contribution in [0.5, 0.6) is 0 Å². The highest BCUT2D eigenvalue weighted by molar-refractivity contribution is 5.94. The van der Waals surface area contributed by atoms with Crippen molar-refractivity contribution in [2.24, 2.45) is 5.92 Å². The molecule has 3 heteroatoms. The Labute approximate surface area is 95.1 Å². The third kappa shape index (κ3) is 2.08. The highest BCUT2D eigenvalue weighted by Crippen LogP contribution is 2.19. The summed E-state index contributed by atoms with van der Waals surface area (Å²) in [4.78, 5) is 13.8. The Bertz CT molecular complexity index is 416. The summed E-state index contributed by atoms with van der Waals surface area (Å²) in [5.41, 5.74) is 1.03. The molecule has 1 aliphatic heterocycles. The minimum Gasteiger partial charge on any atom is -0.338 e. The summed E-state index contributed by atoms with van der Waals surface area (Å²) in [5, 5.41) is 0. The van der Waals surface area contributed by atoms with E-state index in [1.807, 2.05) is 0 Å². The molecule has 0 unspecified atom stereocenters. The zero-order chi connectivity index (χ0) is 11.7. The number of aryl methyl sites for hydroxylation is 1. The number of nitrogens with zero attached hydrogens (tertiary/aromatic N) is 1. The summed E-state index contributed by atoms with van der Waals surface area (Å²) in [6.45, 7) is 5.40. The van der Waals surface area contributed by atoms with Crippen molar-refractivity contribution in [2.75, 3.05) is 13.1 Å². The molecule has 1 heterocycles. The van der Waals surface area contributed by atoms with Crippen molar-refractivity contribution >= 4 is 5.91 Å². The van der Waals surface area contributed by atoms with Gasteiger partial charge in [-0.05, 0) is 37.0 Å². The highest BCUT2D eigenvalue weighted by Gasteiger charge is 2.24. The number of halogens is 1. The standard InChI is InChI=1S/C13H16FNO/c1-9-5-6-15(8-9)13(16)11-4-3-10(2)12(14)7-11/h3-4,7,9H,5-6,8H2,1-2H3/t9-/m1/s1. The lowest BCUT2D eigenvalue weighted by atomic mass is 10.1. The van der Waals surface area contributed by atoms with E-state index in [2.05, 4.69) is 6.92 Å². The van der Waals surface area contributed by atoms with Crippen LogP contribution in [0.15, 0.2) is 18.2 Å². The topological polar surface area (TPSA) is 20.3 Å². The van der Waals surface area contributed by atoms with Gasteiger partial charge in [-0.25, -0.2) is 4.39 Å². The van der Waals surface area contributed by atoms with Crippen molar-refractivity contribution in [1.29, 1.82) is 0 Å². The zero-order valence-corrected chi connectivity index (χ0v) is 9.66. The van der Waals surface area contributed by atoms with Crippen LogP contribution in [0.4, 0.5) is 4.39 Å². The molecule has 1 saturated heterocycles. The summed E-state index contributed by atoms with van der Waals surface area (Å²) < 4.78 is 13.3. The molecule has 1 atom stereocenters. The van der Waals surface area contributed by atoms with Crippen LogP contribution in [0, 0.1) is 18.7 Å². The maximum atomic E-state index is 13.3. The predicted octanol–water partition coefficient (Wildman–Crippen LogP) is 2.62. The molecule has 0 radical (unpaired) electrons. The van der Waals surface area contributed by atoms with E-state index in [9.17, 15) is 9.18 Å². The molecule has 2 nitrogen and oxygen atoms in total. The van der Waals surface area contributed by atoms with Gasteiger partial charge in [0, 0.05) is 18.7 Å². The lowest BCUT2D eigenvalue weighted by Gasteiger charge is -2.16. The molecule has 1 fully saturated rings. The third-order valence-corrected chi connectivity index (χ3v) is 3.13. The first-order valence-corrected chi connectivity index (χ1v) is 5.63. The number of likely N-dealkylation sites (tertiary alicyclic amines) is 1. The largest absolute Gasteiger partial charge is 0.338 e. The van der Waals surface area contributed by atoms with Crippen molar-refractivity contribution < 1.29 is 9.18 Å². The van der Waals surface area contributed by atoms with Gasteiger partial charge in [0.1, 0.15) is 5.82 Å². The van der Waals surface area contributed by atoms with Gasteiger partial charge < -0.3 is 4.90 Å². The van der Waals surface area contributed by atoms with Crippen molar-refractivity contribution in [3.63, 3.8) is 0 Å². The summed E-state index contributed by atoms with van der Waals surface area (Å²) in [7, 11) is 0. The van der Waals surface area contributed by atoms with Crippen molar-refractivity contribution in [1.82, 2.24) is 4.90 Å². The van der Waals surface area contributed by atoms with E-state index in [1.54, 1.807) is 24.0 Å². The molecule has 1 aromatic rings. The second-order valence-corrected chi connectivity index (χ2v) is 4.61. The van der Waals surface area contributed by atoms with Crippen LogP contribution in [-0.4, -0.2) is 23.9 Å². The Morgan fingerprint density at radius 2 is 2.25 bits per heavy atom. The SMILES string of the molecule is Cc1ccc(C(=O)N2CC[C@@H](C)C2)cc1F. The minimum atomic E-state index is -0.307. The molecule has 2 rings (SSSR count). The zero-order valence-electron chi connectivity index (χ0n) is 9.66. The van der Waals surface area contributed by atoms with Gasteiger partial charge in [-0.3, -0.25) is 4.79 Å². The van der Waals surface area contributed by atoms with Crippen LogP contribution >= 0.6 is 0 Å². The van der Waals surface area contributed by atoms with Gasteiger partial charge in [0.05, 0.1) is 0 Å². The van der Waals surface area contributed by atoms with Crippen LogP contribution in [-0.2, 0) is 0 Å². The Morgan fingerprint density at radius 1 is 1.50 bits per heavy atom. The number of hydrogen-bond donors (Lipinski definition) is 0. The lowest BCUT2D eigenvalue weighted by Crippen LogP contribution is -2.28. The second-order valence-electron chi connectivity index (χ2n) is 4.61. The monoisotopic (exact) mass is 221 g/mol. The molecular weight excluding hydrogens is 205 g/mol. The molecular formula is C13H16FNO. The molecule has 16 heavy (non-hydrogen) atoms. The Kier molecular flexibility index (Phi) is 2.95. The highest BCUT2D eigenvalue weighted by atomic mass is 19.1. The first kappa shape index (κ1) is 11.1. The van der Waals surface area contributed by atoms with Gasteiger partial charge >= 0.3 is 0 Å². The van der Waals surface area contributed by atoms with Crippen molar-refractivity contribution in [2.45, 2.75) is 20.3 Å². The average Bonchev–Trinajstić information content (AvgIpc) is 2.68. The van der Waals surface area contributed by atoms with E-state index < -0.39 is 0 Å². The molecule has 0 bridgehead atoms. The number of carbonyl (C=O) groups is 1.